The smallest absolute Gasteiger partial charge is 0.274 e. The van der Waals surface area contributed by atoms with E-state index in [4.69, 9.17) is 15.7 Å². The van der Waals surface area contributed by atoms with Crippen LogP contribution >= 0.6 is 0 Å². The van der Waals surface area contributed by atoms with E-state index in [1.807, 2.05) is 6.92 Å². The summed E-state index contributed by atoms with van der Waals surface area (Å²) in [6.07, 6.45) is 9.24. The van der Waals surface area contributed by atoms with E-state index in [2.05, 4.69) is 26.9 Å². The van der Waals surface area contributed by atoms with Crippen molar-refractivity contribution in [3.05, 3.63) is 57.7 Å². The lowest BCUT2D eigenvalue weighted by Gasteiger charge is -2.33. The second kappa shape index (κ2) is 10.6. The molecule has 0 aliphatic heterocycles. The Hall–Kier alpha value is -3.80. The van der Waals surface area contributed by atoms with E-state index in [0.717, 1.165) is 49.1 Å². The molecule has 0 aromatic carbocycles. The van der Waals surface area contributed by atoms with Gasteiger partial charge in [-0.05, 0) is 64.0 Å². The maximum absolute atomic E-state index is 14.0. The number of aromatic nitrogens is 7. The molecule has 1 atom stereocenters. The Labute approximate surface area is 238 Å². The lowest BCUT2D eigenvalue weighted by Crippen LogP contribution is -2.34. The molecule has 6 rings (SSSR count). The normalized spacial score (nSPS) is 16.6. The summed E-state index contributed by atoms with van der Waals surface area (Å²) in [4.78, 5) is 41.7. The van der Waals surface area contributed by atoms with Crippen molar-refractivity contribution >= 4 is 26.9 Å². The number of hydrogen-bond acceptors (Lipinski definition) is 10. The Bertz CT molecular complexity index is 1800. The van der Waals surface area contributed by atoms with Crippen molar-refractivity contribution in [3.63, 3.8) is 0 Å². The van der Waals surface area contributed by atoms with Gasteiger partial charge in [-0.3, -0.25) is 14.3 Å². The molecule has 0 spiro atoms. The SMILES string of the molecule is CCS(=O)(=O)c1ccc(CCc2nc3cnc(-c4c(C)nc(N)nc4C4CC4)nc3n([C@H](C)C3CCC3)c2=O)nc1. The highest BCUT2D eigenvalue weighted by atomic mass is 32.2. The van der Waals surface area contributed by atoms with Crippen LogP contribution < -0.4 is 11.3 Å². The van der Waals surface area contributed by atoms with Gasteiger partial charge in [0.25, 0.3) is 5.56 Å². The van der Waals surface area contributed by atoms with Gasteiger partial charge in [0.2, 0.25) is 5.95 Å². The van der Waals surface area contributed by atoms with Gasteiger partial charge in [-0.15, -0.1) is 0 Å². The minimum atomic E-state index is -3.32. The summed E-state index contributed by atoms with van der Waals surface area (Å²) >= 11 is 0. The predicted octanol–water partition coefficient (Wildman–Crippen LogP) is 3.75. The van der Waals surface area contributed by atoms with Gasteiger partial charge in [0, 0.05) is 30.3 Å². The van der Waals surface area contributed by atoms with Crippen molar-refractivity contribution < 1.29 is 8.42 Å². The van der Waals surface area contributed by atoms with E-state index >= 15 is 0 Å². The van der Waals surface area contributed by atoms with E-state index in [9.17, 15) is 13.2 Å². The van der Waals surface area contributed by atoms with Gasteiger partial charge >= 0.3 is 0 Å². The molecule has 2 aliphatic carbocycles. The quantitative estimate of drug-likeness (QED) is 0.312. The average Bonchev–Trinajstić information content (AvgIpc) is 3.76. The largest absolute Gasteiger partial charge is 0.368 e. The van der Waals surface area contributed by atoms with Gasteiger partial charge in [-0.1, -0.05) is 13.3 Å². The molecule has 2 fully saturated rings. The summed E-state index contributed by atoms with van der Waals surface area (Å²) in [5.74, 6) is 1.45. The standard InChI is InChI=1S/C29H34N8O3S/c1-4-41(39,40)21-12-10-20(31-14-21)11-13-22-28(38)37(17(3)18-6-5-7-18)27-23(34-22)15-32-26(36-27)24-16(2)33-29(30)35-25(24)19-8-9-19/h10,12,14-15,17-19H,4-9,11,13H2,1-3H3,(H2,30,33,35)/t17-/m1/s1. The molecular weight excluding hydrogens is 540 g/mol. The molecule has 4 aromatic rings. The van der Waals surface area contributed by atoms with Crippen molar-refractivity contribution in [1.29, 1.82) is 0 Å². The zero-order valence-electron chi connectivity index (χ0n) is 23.5. The van der Waals surface area contributed by atoms with Crippen LogP contribution in [0.2, 0.25) is 0 Å². The van der Waals surface area contributed by atoms with Crippen LogP contribution in [0.5, 0.6) is 0 Å². The van der Waals surface area contributed by atoms with Gasteiger partial charge in [0.05, 0.1) is 33.8 Å². The number of nitrogen functional groups attached to an aromatic ring is 1. The number of fused-ring (bicyclic) bond motifs is 1. The van der Waals surface area contributed by atoms with Crippen molar-refractivity contribution in [2.45, 2.75) is 82.6 Å². The maximum Gasteiger partial charge on any atom is 0.274 e. The van der Waals surface area contributed by atoms with E-state index in [1.165, 1.54) is 6.20 Å². The first-order chi connectivity index (χ1) is 19.7. The zero-order valence-corrected chi connectivity index (χ0v) is 24.4. The Morgan fingerprint density at radius 1 is 1.02 bits per heavy atom. The zero-order chi connectivity index (χ0) is 28.9. The highest BCUT2D eigenvalue weighted by molar-refractivity contribution is 7.91. The van der Waals surface area contributed by atoms with Gasteiger partial charge in [-0.2, -0.15) is 0 Å². The summed E-state index contributed by atoms with van der Waals surface area (Å²) in [7, 11) is -3.32. The van der Waals surface area contributed by atoms with Gasteiger partial charge in [0.1, 0.15) is 11.2 Å². The Morgan fingerprint density at radius 3 is 2.44 bits per heavy atom. The fourth-order valence-corrected chi connectivity index (χ4v) is 6.37. The van der Waals surface area contributed by atoms with Crippen LogP contribution in [-0.2, 0) is 22.7 Å². The predicted molar refractivity (Wildman–Crippen MR) is 155 cm³/mol. The number of rotatable bonds is 9. The number of hydrogen-bond donors (Lipinski definition) is 1. The van der Waals surface area contributed by atoms with Crippen LogP contribution in [0.25, 0.3) is 22.6 Å². The summed E-state index contributed by atoms with van der Waals surface area (Å²) in [6, 6.07) is 3.22. The van der Waals surface area contributed by atoms with Crippen LogP contribution in [0.3, 0.4) is 0 Å². The highest BCUT2D eigenvalue weighted by Crippen LogP contribution is 2.44. The second-order valence-electron chi connectivity index (χ2n) is 11.2. The minimum absolute atomic E-state index is 0.0182. The number of anilines is 1. The lowest BCUT2D eigenvalue weighted by atomic mass is 9.80. The van der Waals surface area contributed by atoms with Gasteiger partial charge in [-0.25, -0.2) is 33.3 Å². The van der Waals surface area contributed by atoms with Crippen LogP contribution in [0.4, 0.5) is 5.95 Å². The maximum atomic E-state index is 14.0. The van der Waals surface area contributed by atoms with Crippen molar-refractivity contribution in [2.75, 3.05) is 11.5 Å². The number of aryl methyl sites for hydroxylation is 3. The summed E-state index contributed by atoms with van der Waals surface area (Å²) in [5.41, 5.74) is 10.3. The fraction of sp³-hybridized carbons (Fsp3) is 0.483. The first-order valence-corrected chi connectivity index (χ1v) is 15.9. The molecule has 41 heavy (non-hydrogen) atoms. The monoisotopic (exact) mass is 574 g/mol. The first kappa shape index (κ1) is 27.4. The summed E-state index contributed by atoms with van der Waals surface area (Å²) in [5, 5.41) is 0. The summed E-state index contributed by atoms with van der Waals surface area (Å²) < 4.78 is 26.1. The molecule has 11 nitrogen and oxygen atoms in total. The molecule has 0 unspecified atom stereocenters. The molecule has 2 saturated carbocycles. The molecule has 4 aromatic heterocycles. The molecule has 214 valence electrons. The van der Waals surface area contributed by atoms with Crippen LogP contribution in [-0.4, -0.2) is 48.6 Å². The minimum Gasteiger partial charge on any atom is -0.368 e. The number of nitrogens with zero attached hydrogens (tertiary/aromatic N) is 7. The fourth-order valence-electron chi connectivity index (χ4n) is 5.55. The molecule has 0 amide bonds. The molecule has 0 saturated heterocycles. The van der Waals surface area contributed by atoms with Crippen LogP contribution in [0.15, 0.2) is 34.2 Å². The molecular formula is C29H34N8O3S. The molecule has 4 heterocycles. The molecule has 0 radical (unpaired) electrons. The highest BCUT2D eigenvalue weighted by Gasteiger charge is 2.32. The van der Waals surface area contributed by atoms with Gasteiger partial charge < -0.3 is 5.73 Å². The average molecular weight is 575 g/mol. The third-order valence-electron chi connectivity index (χ3n) is 8.42. The number of sulfone groups is 1. The van der Waals surface area contributed by atoms with Crippen molar-refractivity contribution in [2.24, 2.45) is 5.92 Å². The van der Waals surface area contributed by atoms with Crippen LogP contribution in [0.1, 0.15) is 80.7 Å². The van der Waals surface area contributed by atoms with Crippen molar-refractivity contribution in [3.8, 4) is 11.4 Å². The Kier molecular flexibility index (Phi) is 7.04. The third kappa shape index (κ3) is 5.20. The van der Waals surface area contributed by atoms with Crippen molar-refractivity contribution in [1.82, 2.24) is 34.5 Å². The number of pyridine rings is 1. The van der Waals surface area contributed by atoms with Crippen LogP contribution in [0, 0.1) is 12.8 Å². The van der Waals surface area contributed by atoms with E-state index in [1.54, 1.807) is 29.8 Å². The molecule has 2 N–H and O–H groups in total. The first-order valence-electron chi connectivity index (χ1n) is 14.3. The van der Waals surface area contributed by atoms with E-state index < -0.39 is 9.84 Å². The lowest BCUT2D eigenvalue weighted by molar-refractivity contribution is 0.222. The number of nitrogens with two attached hydrogens (primary N) is 1. The third-order valence-corrected chi connectivity index (χ3v) is 10.1. The Balaban J connectivity index is 1.40. The Morgan fingerprint density at radius 2 is 1.80 bits per heavy atom. The molecule has 12 heteroatoms. The van der Waals surface area contributed by atoms with E-state index in [0.29, 0.717) is 53.1 Å². The molecule has 0 bridgehead atoms. The topological polar surface area (TPSA) is 160 Å². The summed E-state index contributed by atoms with van der Waals surface area (Å²) in [6.45, 7) is 5.57. The molecule has 2 aliphatic rings. The second-order valence-corrected chi connectivity index (χ2v) is 13.4. The van der Waals surface area contributed by atoms with Gasteiger partial charge in [0.15, 0.2) is 21.3 Å². The van der Waals surface area contributed by atoms with E-state index in [-0.39, 0.29) is 28.2 Å².